The standard InChI is InChI=1S/C18H21N5O2S.CH2O2/c19-15(24)14-16(25-10-11-6-2-1-3-7-11)23-26-17(14)22-18-20-12-8-4-5-9-13(12)21-18;2-1-3/h4-5,8-9,11H,1-3,6-7,10H2,(H2,19,24)(H2,20,21,22);1H,(H,2,3). The normalized spacial score (nSPS) is 14.1. The summed E-state index contributed by atoms with van der Waals surface area (Å²) in [4.78, 5) is 27.9. The smallest absolute Gasteiger partial charge is 0.290 e. The lowest BCUT2D eigenvalue weighted by Crippen LogP contribution is -2.18. The summed E-state index contributed by atoms with van der Waals surface area (Å²) in [5.41, 5.74) is 7.61. The summed E-state index contributed by atoms with van der Waals surface area (Å²) in [7, 11) is 0. The summed E-state index contributed by atoms with van der Waals surface area (Å²) in [5, 5.41) is 10.5. The van der Waals surface area contributed by atoms with Crippen LogP contribution >= 0.6 is 11.5 Å². The Kier molecular flexibility index (Phi) is 7.01. The Hall–Kier alpha value is -3.14. The molecule has 10 heteroatoms. The van der Waals surface area contributed by atoms with E-state index in [0.717, 1.165) is 22.6 Å². The highest BCUT2D eigenvalue weighted by Crippen LogP contribution is 2.33. The van der Waals surface area contributed by atoms with Crippen LogP contribution in [-0.2, 0) is 4.79 Å². The third kappa shape index (κ3) is 5.23. The zero-order chi connectivity index (χ0) is 20.6. The van der Waals surface area contributed by atoms with Crippen LogP contribution in [0.2, 0.25) is 0 Å². The molecule has 0 radical (unpaired) electrons. The van der Waals surface area contributed by atoms with Gasteiger partial charge in [-0.05, 0) is 42.4 Å². The molecule has 2 aromatic heterocycles. The van der Waals surface area contributed by atoms with E-state index in [1.807, 2.05) is 24.3 Å². The lowest BCUT2D eigenvalue weighted by molar-refractivity contribution is -0.122. The van der Waals surface area contributed by atoms with Crippen molar-refractivity contribution in [3.63, 3.8) is 0 Å². The van der Waals surface area contributed by atoms with Crippen LogP contribution in [0.5, 0.6) is 5.88 Å². The van der Waals surface area contributed by atoms with Crippen LogP contribution in [0.4, 0.5) is 10.9 Å². The summed E-state index contributed by atoms with van der Waals surface area (Å²) in [6.07, 6.45) is 6.12. The molecule has 1 aliphatic rings. The quantitative estimate of drug-likeness (QED) is 0.449. The van der Waals surface area contributed by atoms with Gasteiger partial charge in [-0.1, -0.05) is 31.4 Å². The van der Waals surface area contributed by atoms with Crippen molar-refractivity contribution in [1.82, 2.24) is 14.3 Å². The Morgan fingerprint density at radius 3 is 2.76 bits per heavy atom. The van der Waals surface area contributed by atoms with Crippen LogP contribution in [0.15, 0.2) is 24.3 Å². The number of carbonyl (C=O) groups is 2. The first-order chi connectivity index (χ1) is 14.1. The molecule has 0 spiro atoms. The number of hydrogen-bond acceptors (Lipinski definition) is 7. The van der Waals surface area contributed by atoms with Crippen LogP contribution in [0.3, 0.4) is 0 Å². The van der Waals surface area contributed by atoms with Gasteiger partial charge in [0.05, 0.1) is 17.6 Å². The largest absolute Gasteiger partial charge is 0.483 e. The first kappa shape index (κ1) is 20.6. The number of rotatable bonds is 6. The molecule has 5 N–H and O–H groups in total. The summed E-state index contributed by atoms with van der Waals surface area (Å²) in [6.45, 7) is 0.327. The number of aromatic amines is 1. The van der Waals surface area contributed by atoms with Gasteiger partial charge in [0.1, 0.15) is 10.6 Å². The Morgan fingerprint density at radius 1 is 1.34 bits per heavy atom. The van der Waals surface area contributed by atoms with E-state index in [-0.39, 0.29) is 12.0 Å². The lowest BCUT2D eigenvalue weighted by Gasteiger charge is -2.21. The van der Waals surface area contributed by atoms with Crippen LogP contribution in [0.25, 0.3) is 11.0 Å². The fourth-order valence-corrected chi connectivity index (χ4v) is 4.09. The maximum absolute atomic E-state index is 12.0. The third-order valence-corrected chi connectivity index (χ3v) is 5.45. The summed E-state index contributed by atoms with van der Waals surface area (Å²) >= 11 is 1.15. The Morgan fingerprint density at radius 2 is 2.07 bits per heavy atom. The minimum absolute atomic E-state index is 0.250. The molecule has 1 aromatic carbocycles. The molecule has 1 amide bonds. The zero-order valence-corrected chi connectivity index (χ0v) is 16.6. The van der Waals surface area contributed by atoms with Crippen LogP contribution in [-0.4, -0.2) is 38.4 Å². The van der Waals surface area contributed by atoms with Crippen molar-refractivity contribution < 1.29 is 19.4 Å². The highest BCUT2D eigenvalue weighted by molar-refractivity contribution is 7.11. The fraction of sp³-hybridized carbons (Fsp3) is 0.368. The van der Waals surface area contributed by atoms with Gasteiger partial charge < -0.3 is 25.9 Å². The first-order valence-electron chi connectivity index (χ1n) is 9.34. The zero-order valence-electron chi connectivity index (χ0n) is 15.8. The van der Waals surface area contributed by atoms with E-state index in [4.69, 9.17) is 20.4 Å². The van der Waals surface area contributed by atoms with E-state index in [9.17, 15) is 4.79 Å². The van der Waals surface area contributed by atoms with Gasteiger partial charge in [-0.3, -0.25) is 9.59 Å². The number of imidazole rings is 1. The van der Waals surface area contributed by atoms with E-state index in [2.05, 4.69) is 19.7 Å². The third-order valence-electron chi connectivity index (χ3n) is 4.71. The highest BCUT2D eigenvalue weighted by Gasteiger charge is 2.23. The topological polar surface area (TPSA) is 143 Å². The maximum Gasteiger partial charge on any atom is 0.290 e. The minimum Gasteiger partial charge on any atom is -0.483 e. The average Bonchev–Trinajstić information content (AvgIpc) is 3.31. The molecule has 1 saturated carbocycles. The molecule has 3 aromatic rings. The Labute approximate surface area is 171 Å². The monoisotopic (exact) mass is 417 g/mol. The number of nitrogens with two attached hydrogens (primary N) is 1. The lowest BCUT2D eigenvalue weighted by atomic mass is 9.90. The fourth-order valence-electron chi connectivity index (χ4n) is 3.35. The van der Waals surface area contributed by atoms with E-state index < -0.39 is 5.91 Å². The van der Waals surface area contributed by atoms with E-state index in [0.29, 0.717) is 29.4 Å². The van der Waals surface area contributed by atoms with Gasteiger partial charge in [0.15, 0.2) is 0 Å². The number of fused-ring (bicyclic) bond motifs is 1. The van der Waals surface area contributed by atoms with Gasteiger partial charge in [0, 0.05) is 0 Å². The summed E-state index contributed by atoms with van der Waals surface area (Å²) < 4.78 is 10.1. The van der Waals surface area contributed by atoms with E-state index in [1.54, 1.807) is 0 Å². The number of primary amides is 1. The van der Waals surface area contributed by atoms with Crippen molar-refractivity contribution >= 4 is 45.9 Å². The molecule has 29 heavy (non-hydrogen) atoms. The molecule has 1 fully saturated rings. The van der Waals surface area contributed by atoms with Crippen molar-refractivity contribution in [3.8, 4) is 5.88 Å². The number of H-pyrrole nitrogens is 1. The van der Waals surface area contributed by atoms with Crippen molar-refractivity contribution in [2.75, 3.05) is 11.9 Å². The highest BCUT2D eigenvalue weighted by atomic mass is 32.1. The molecule has 0 bridgehead atoms. The van der Waals surface area contributed by atoms with Crippen molar-refractivity contribution in [2.45, 2.75) is 32.1 Å². The summed E-state index contributed by atoms with van der Waals surface area (Å²) in [6, 6.07) is 7.71. The summed E-state index contributed by atoms with van der Waals surface area (Å²) in [5.74, 6) is 0.817. The predicted molar refractivity (Wildman–Crippen MR) is 111 cm³/mol. The molecule has 1 aliphatic carbocycles. The van der Waals surface area contributed by atoms with Crippen molar-refractivity contribution in [3.05, 3.63) is 29.8 Å². The molecule has 9 nitrogen and oxygen atoms in total. The number of benzene rings is 1. The molecule has 4 rings (SSSR count). The van der Waals surface area contributed by atoms with Gasteiger partial charge in [-0.25, -0.2) is 4.98 Å². The minimum atomic E-state index is -0.559. The molecular weight excluding hydrogens is 394 g/mol. The van der Waals surface area contributed by atoms with E-state index >= 15 is 0 Å². The first-order valence-corrected chi connectivity index (χ1v) is 10.1. The number of carbonyl (C=O) groups excluding carboxylic acids is 1. The van der Waals surface area contributed by atoms with Crippen LogP contribution in [0, 0.1) is 5.92 Å². The second kappa shape index (κ2) is 9.87. The second-order valence-electron chi connectivity index (χ2n) is 6.70. The second-order valence-corrected chi connectivity index (χ2v) is 7.48. The number of amides is 1. The number of nitrogens with one attached hydrogen (secondary N) is 2. The molecular formula is C19H23N5O4S. The van der Waals surface area contributed by atoms with Gasteiger partial charge >= 0.3 is 0 Å². The van der Waals surface area contributed by atoms with Gasteiger partial charge in [-0.15, -0.1) is 0 Å². The number of nitrogens with zero attached hydrogens (tertiary/aromatic N) is 2. The number of carboxylic acid groups (broad SMARTS) is 1. The molecule has 2 heterocycles. The van der Waals surface area contributed by atoms with Crippen molar-refractivity contribution in [1.29, 1.82) is 0 Å². The number of hydrogen-bond donors (Lipinski definition) is 4. The molecule has 0 unspecified atom stereocenters. The molecule has 0 aliphatic heterocycles. The van der Waals surface area contributed by atoms with Crippen LogP contribution in [0.1, 0.15) is 42.5 Å². The SMILES string of the molecule is NC(=O)c1c(OCC2CCCCC2)nsc1Nc1nc2ccccc2[nH]1.O=CO. The Balaban J connectivity index is 0.000000755. The van der Waals surface area contributed by atoms with Gasteiger partial charge in [0.2, 0.25) is 11.8 Å². The van der Waals surface area contributed by atoms with Gasteiger partial charge in [-0.2, -0.15) is 4.37 Å². The average molecular weight is 417 g/mol. The number of ether oxygens (including phenoxy) is 1. The molecule has 0 saturated heterocycles. The van der Waals surface area contributed by atoms with Gasteiger partial charge in [0.25, 0.3) is 12.4 Å². The Bertz CT molecular complexity index is 932. The van der Waals surface area contributed by atoms with Crippen LogP contribution < -0.4 is 15.8 Å². The molecule has 154 valence electrons. The number of aromatic nitrogens is 3. The molecule has 0 atom stereocenters. The number of para-hydroxylation sites is 2. The predicted octanol–water partition coefficient (Wildman–Crippen LogP) is 3.52. The number of anilines is 2. The van der Waals surface area contributed by atoms with Crippen molar-refractivity contribution in [2.24, 2.45) is 11.7 Å². The van der Waals surface area contributed by atoms with E-state index in [1.165, 1.54) is 32.1 Å². The maximum atomic E-state index is 12.0.